The fourth-order valence-electron chi connectivity index (χ4n) is 6.77. The lowest BCUT2D eigenvalue weighted by Crippen LogP contribution is -2.45. The summed E-state index contributed by atoms with van der Waals surface area (Å²) in [6.07, 6.45) is 11.2. The number of fused-ring (bicyclic) bond motifs is 1. The average molecular weight is 547 g/mol. The molecular weight excluding hydrogens is 492 g/mol. The third kappa shape index (κ3) is 7.38. The highest BCUT2D eigenvalue weighted by atomic mass is 16.7. The molecule has 0 aromatic heterocycles. The molecule has 4 atom stereocenters. The van der Waals surface area contributed by atoms with Gasteiger partial charge in [-0.15, -0.1) is 0 Å². The van der Waals surface area contributed by atoms with Gasteiger partial charge in [-0.05, 0) is 82.6 Å². The van der Waals surface area contributed by atoms with Gasteiger partial charge in [0.15, 0.2) is 11.5 Å². The minimum absolute atomic E-state index is 0.0225. The highest BCUT2D eigenvalue weighted by molar-refractivity contribution is 5.78. The van der Waals surface area contributed by atoms with Gasteiger partial charge < -0.3 is 24.4 Å². The van der Waals surface area contributed by atoms with Crippen LogP contribution in [0.3, 0.4) is 0 Å². The predicted molar refractivity (Wildman–Crippen MR) is 155 cm³/mol. The minimum atomic E-state index is -0.394. The van der Waals surface area contributed by atoms with Crippen molar-refractivity contribution in [1.29, 1.82) is 0 Å². The van der Waals surface area contributed by atoms with E-state index in [-0.39, 0.29) is 16.7 Å². The zero-order valence-corrected chi connectivity index (χ0v) is 25.5. The maximum Gasteiger partial charge on any atom is 0.236 e. The van der Waals surface area contributed by atoms with Crippen LogP contribution in [0.15, 0.2) is 23.7 Å². The molecule has 0 radical (unpaired) electrons. The molecule has 0 aromatic rings. The number of carbonyl (C=O) groups is 1. The summed E-state index contributed by atoms with van der Waals surface area (Å²) in [4.78, 5) is 22.7. The number of allylic oxidation sites excluding steroid dienone is 2. The molecule has 8 heteroatoms. The number of carbonyl (C=O) groups excluding carboxylic acids is 1. The Morgan fingerprint density at radius 1 is 1.10 bits per heavy atom. The molecule has 3 heterocycles. The lowest BCUT2D eigenvalue weighted by Gasteiger charge is -2.34. The largest absolute Gasteiger partial charge is 0.454 e. The molecule has 0 bridgehead atoms. The van der Waals surface area contributed by atoms with Crippen LogP contribution in [0.5, 0.6) is 0 Å². The Bertz CT molecular complexity index is 903. The highest BCUT2D eigenvalue weighted by Gasteiger charge is 2.45. The van der Waals surface area contributed by atoms with Gasteiger partial charge in [-0.3, -0.25) is 14.6 Å². The number of unbranched alkanes of at least 4 members (excludes halogenated alkanes) is 1. The lowest BCUT2D eigenvalue weighted by atomic mass is 9.71. The predicted octanol–water partition coefficient (Wildman–Crippen LogP) is 3.88. The summed E-state index contributed by atoms with van der Waals surface area (Å²) in [5, 5.41) is 10.9. The number of aliphatic hydroxyl groups excluding tert-OH is 1. The molecule has 3 aliphatic heterocycles. The summed E-state index contributed by atoms with van der Waals surface area (Å²) >= 11 is 0. The van der Waals surface area contributed by atoms with Crippen LogP contribution in [0.1, 0.15) is 72.6 Å². The maximum atomic E-state index is 13.7. The van der Waals surface area contributed by atoms with Crippen LogP contribution in [0.4, 0.5) is 0 Å². The van der Waals surface area contributed by atoms with E-state index >= 15 is 0 Å². The van der Waals surface area contributed by atoms with Crippen molar-refractivity contribution in [2.75, 3.05) is 66.7 Å². The molecule has 1 N–H and O–H groups in total. The van der Waals surface area contributed by atoms with E-state index in [1.165, 1.54) is 0 Å². The molecule has 1 amide bonds. The van der Waals surface area contributed by atoms with E-state index in [4.69, 9.17) is 9.47 Å². The highest BCUT2D eigenvalue weighted by Crippen LogP contribution is 2.47. The van der Waals surface area contributed by atoms with Crippen LogP contribution in [0.2, 0.25) is 0 Å². The van der Waals surface area contributed by atoms with Crippen molar-refractivity contribution in [1.82, 2.24) is 19.6 Å². The van der Waals surface area contributed by atoms with Crippen molar-refractivity contribution in [2.45, 2.75) is 84.9 Å². The SMILES string of the molecule is CCCCN(CCCN(C)C)C(=O)CN1C[C@H](C2(C)C=C3OCOC3=CC2)C[C@@H]1CCN1CCC(C)(C)C1O. The van der Waals surface area contributed by atoms with E-state index in [9.17, 15) is 9.90 Å². The first-order valence-corrected chi connectivity index (χ1v) is 15.3. The fourth-order valence-corrected chi connectivity index (χ4v) is 6.77. The van der Waals surface area contributed by atoms with Gasteiger partial charge in [-0.1, -0.05) is 34.1 Å². The molecule has 3 saturated heterocycles. The second-order valence-electron chi connectivity index (χ2n) is 13.5. The molecule has 222 valence electrons. The molecule has 8 nitrogen and oxygen atoms in total. The molecule has 3 fully saturated rings. The van der Waals surface area contributed by atoms with E-state index < -0.39 is 6.23 Å². The monoisotopic (exact) mass is 546 g/mol. The smallest absolute Gasteiger partial charge is 0.236 e. The first-order chi connectivity index (χ1) is 18.5. The third-order valence-electron chi connectivity index (χ3n) is 9.66. The van der Waals surface area contributed by atoms with E-state index in [1.807, 2.05) is 0 Å². The zero-order valence-electron chi connectivity index (χ0n) is 25.5. The van der Waals surface area contributed by atoms with Crippen LogP contribution >= 0.6 is 0 Å². The van der Waals surface area contributed by atoms with Crippen LogP contribution in [-0.2, 0) is 14.3 Å². The van der Waals surface area contributed by atoms with Crippen LogP contribution in [0.25, 0.3) is 0 Å². The van der Waals surface area contributed by atoms with Gasteiger partial charge >= 0.3 is 0 Å². The number of hydrogen-bond donors (Lipinski definition) is 1. The van der Waals surface area contributed by atoms with Gasteiger partial charge in [-0.25, -0.2) is 0 Å². The van der Waals surface area contributed by atoms with E-state index in [0.29, 0.717) is 25.3 Å². The number of likely N-dealkylation sites (tertiary alicyclic amines) is 2. The normalized spacial score (nSPS) is 30.6. The number of nitrogens with zero attached hydrogens (tertiary/aromatic N) is 4. The first-order valence-electron chi connectivity index (χ1n) is 15.3. The van der Waals surface area contributed by atoms with Gasteiger partial charge in [0.25, 0.3) is 0 Å². The van der Waals surface area contributed by atoms with Crippen molar-refractivity contribution >= 4 is 5.91 Å². The Balaban J connectivity index is 1.45. The molecule has 39 heavy (non-hydrogen) atoms. The standard InChI is InChI=1S/C31H54N4O4/c1-7-8-15-33(16-9-14-32(5)6)28(36)22-35-21-24(31(4)12-10-26-27(20-31)39-23-38-26)19-25(35)11-17-34-18-13-30(2,3)29(34)37/h10,20,24-25,29,37H,7-9,11-19,21-23H2,1-6H3/t24-,25+,29?,31?/m1/s1. The van der Waals surface area contributed by atoms with Crippen molar-refractivity contribution in [3.63, 3.8) is 0 Å². The maximum absolute atomic E-state index is 13.7. The summed E-state index contributed by atoms with van der Waals surface area (Å²) in [5.74, 6) is 2.45. The van der Waals surface area contributed by atoms with Crippen molar-refractivity contribution < 1.29 is 19.4 Å². The Hall–Kier alpha value is -1.61. The van der Waals surface area contributed by atoms with Crippen LogP contribution < -0.4 is 0 Å². The second-order valence-corrected chi connectivity index (χ2v) is 13.5. The third-order valence-corrected chi connectivity index (χ3v) is 9.66. The van der Waals surface area contributed by atoms with E-state index in [1.54, 1.807) is 0 Å². The molecular formula is C31H54N4O4. The number of aliphatic hydroxyl groups is 1. The molecule has 4 aliphatic rings. The van der Waals surface area contributed by atoms with E-state index in [2.05, 4.69) is 73.5 Å². The van der Waals surface area contributed by atoms with Gasteiger partial charge in [0, 0.05) is 44.2 Å². The Kier molecular flexibility index (Phi) is 10.1. The van der Waals surface area contributed by atoms with Crippen LogP contribution in [-0.4, -0.2) is 110 Å². The van der Waals surface area contributed by atoms with Gasteiger partial charge in [-0.2, -0.15) is 0 Å². The first kappa shape index (κ1) is 30.4. The Morgan fingerprint density at radius 2 is 1.85 bits per heavy atom. The summed E-state index contributed by atoms with van der Waals surface area (Å²) < 4.78 is 11.4. The molecule has 2 unspecified atom stereocenters. The molecule has 0 saturated carbocycles. The summed E-state index contributed by atoms with van der Waals surface area (Å²) in [7, 11) is 4.18. The average Bonchev–Trinajstić information content (AvgIpc) is 3.58. The molecule has 1 aliphatic carbocycles. The summed E-state index contributed by atoms with van der Waals surface area (Å²) in [6.45, 7) is 15.0. The molecule has 0 spiro atoms. The number of rotatable bonds is 13. The second kappa shape index (κ2) is 12.9. The van der Waals surface area contributed by atoms with Crippen LogP contribution in [0, 0.1) is 16.7 Å². The number of hydrogen-bond acceptors (Lipinski definition) is 7. The number of amides is 1. The fraction of sp³-hybridized carbons (Fsp3) is 0.839. The van der Waals surface area contributed by atoms with Crippen molar-refractivity contribution in [2.24, 2.45) is 16.7 Å². The quantitative estimate of drug-likeness (QED) is 0.376. The zero-order chi connectivity index (χ0) is 28.2. The van der Waals surface area contributed by atoms with Gasteiger partial charge in [0.05, 0.1) is 6.54 Å². The number of ether oxygens (including phenoxy) is 2. The van der Waals surface area contributed by atoms with Crippen molar-refractivity contribution in [3.05, 3.63) is 23.7 Å². The van der Waals surface area contributed by atoms with Gasteiger partial charge in [0.1, 0.15) is 6.23 Å². The topological polar surface area (TPSA) is 68.7 Å². The van der Waals surface area contributed by atoms with Crippen molar-refractivity contribution in [3.8, 4) is 0 Å². The lowest BCUT2D eigenvalue weighted by molar-refractivity contribution is -0.133. The Labute approximate surface area is 237 Å². The van der Waals surface area contributed by atoms with E-state index in [0.717, 1.165) is 95.7 Å². The minimum Gasteiger partial charge on any atom is -0.454 e. The molecule has 0 aromatic carbocycles. The molecule has 4 rings (SSSR count). The summed E-state index contributed by atoms with van der Waals surface area (Å²) in [5.41, 5.74) is -0.0826. The van der Waals surface area contributed by atoms with Gasteiger partial charge in [0.2, 0.25) is 12.7 Å². The Morgan fingerprint density at radius 3 is 2.54 bits per heavy atom. The summed E-state index contributed by atoms with van der Waals surface area (Å²) in [6, 6.07) is 0.325.